The van der Waals surface area contributed by atoms with Crippen LogP contribution in [0, 0.1) is 11.8 Å². The van der Waals surface area contributed by atoms with Gasteiger partial charge in [0.2, 0.25) is 11.8 Å². The van der Waals surface area contributed by atoms with Gasteiger partial charge in [0.1, 0.15) is 18.7 Å². The molecular formula is C25H42N6O4. The van der Waals surface area contributed by atoms with Crippen LogP contribution in [-0.2, 0) is 20.9 Å². The van der Waals surface area contributed by atoms with Gasteiger partial charge in [-0.3, -0.25) is 14.6 Å². The third-order valence-corrected chi connectivity index (χ3v) is 5.05. The number of carbonyl (C=O) groups excluding carboxylic acids is 3. The number of hydrogen-bond donors (Lipinski definition) is 5. The largest absolute Gasteiger partial charge is 0.445 e. The van der Waals surface area contributed by atoms with Gasteiger partial charge in [-0.05, 0) is 43.1 Å². The van der Waals surface area contributed by atoms with Crippen LogP contribution in [0.5, 0.6) is 0 Å². The van der Waals surface area contributed by atoms with Crippen molar-refractivity contribution in [2.75, 3.05) is 13.1 Å². The number of nitrogens with two attached hydrogens (primary N) is 2. The zero-order valence-corrected chi connectivity index (χ0v) is 21.4. The summed E-state index contributed by atoms with van der Waals surface area (Å²) in [5.41, 5.74) is 11.4. The number of amides is 3. The highest BCUT2D eigenvalue weighted by atomic mass is 16.5. The lowest BCUT2D eigenvalue weighted by molar-refractivity contribution is -0.130. The van der Waals surface area contributed by atoms with Crippen LogP contribution < -0.4 is 27.4 Å². The predicted octanol–water partition coefficient (Wildman–Crippen LogP) is 2.03. The molecule has 0 fully saturated rings. The van der Waals surface area contributed by atoms with Gasteiger partial charge < -0.3 is 32.2 Å². The second-order valence-electron chi connectivity index (χ2n) is 9.38. The minimum atomic E-state index is -0.819. The Morgan fingerprint density at radius 3 is 2.06 bits per heavy atom. The summed E-state index contributed by atoms with van der Waals surface area (Å²) in [6.45, 7) is 8.91. The topological polar surface area (TPSA) is 161 Å². The zero-order valence-electron chi connectivity index (χ0n) is 21.4. The van der Waals surface area contributed by atoms with Gasteiger partial charge in [-0.2, -0.15) is 0 Å². The van der Waals surface area contributed by atoms with E-state index in [-0.39, 0.29) is 30.3 Å². The minimum Gasteiger partial charge on any atom is -0.445 e. The molecule has 0 saturated heterocycles. The fraction of sp³-hybridized carbons (Fsp3) is 0.600. The molecule has 0 radical (unpaired) electrons. The van der Waals surface area contributed by atoms with Crippen molar-refractivity contribution < 1.29 is 19.1 Å². The molecule has 10 nitrogen and oxygen atoms in total. The fourth-order valence-corrected chi connectivity index (χ4v) is 3.36. The normalized spacial score (nSPS) is 12.5. The molecular weight excluding hydrogens is 448 g/mol. The first-order valence-electron chi connectivity index (χ1n) is 12.2. The van der Waals surface area contributed by atoms with E-state index in [4.69, 9.17) is 16.2 Å². The first-order chi connectivity index (χ1) is 16.6. The average molecular weight is 491 g/mol. The Labute approximate surface area is 208 Å². The first-order valence-corrected chi connectivity index (χ1v) is 12.2. The number of guanidine groups is 1. The molecule has 1 aromatic carbocycles. The monoisotopic (exact) mass is 490 g/mol. The maximum atomic E-state index is 13.1. The molecule has 0 bridgehead atoms. The standard InChI is InChI=1S/C25H42N6O4/c1-17(2)14-20(22(32)28-12-8-9-13-29-24(26)27)30-23(33)21(15-18(3)4)31-25(34)35-16-19-10-6-5-7-11-19/h5-7,10-11,17-18,20-21H,8-9,12-16H2,1-4H3,(H,28,32)(H,30,33)(H,31,34)(H4,26,27,29)/t20-,21-/m0/s1. The summed E-state index contributed by atoms with van der Waals surface area (Å²) >= 11 is 0. The Morgan fingerprint density at radius 1 is 0.886 bits per heavy atom. The molecule has 0 unspecified atom stereocenters. The van der Waals surface area contributed by atoms with Gasteiger partial charge in [0.25, 0.3) is 0 Å². The quantitative estimate of drug-likeness (QED) is 0.144. The minimum absolute atomic E-state index is 0.0438. The highest BCUT2D eigenvalue weighted by molar-refractivity contribution is 5.91. The Hall–Kier alpha value is -3.30. The smallest absolute Gasteiger partial charge is 0.408 e. The van der Waals surface area contributed by atoms with Crippen LogP contribution in [0.15, 0.2) is 35.3 Å². The van der Waals surface area contributed by atoms with Crippen molar-refractivity contribution in [3.8, 4) is 0 Å². The SMILES string of the molecule is CC(C)C[C@H](NC(=O)OCc1ccccc1)C(=O)N[C@@H](CC(C)C)C(=O)NCCCCN=C(N)N. The number of alkyl carbamates (subject to hydrolysis) is 1. The molecule has 196 valence electrons. The van der Waals surface area contributed by atoms with Gasteiger partial charge in [-0.25, -0.2) is 4.79 Å². The maximum Gasteiger partial charge on any atom is 0.408 e. The maximum absolute atomic E-state index is 13.1. The van der Waals surface area contributed by atoms with Gasteiger partial charge in [0.05, 0.1) is 0 Å². The Balaban J connectivity index is 2.68. The molecule has 2 atom stereocenters. The molecule has 0 aliphatic rings. The molecule has 0 heterocycles. The van der Waals surface area contributed by atoms with Crippen molar-refractivity contribution in [3.63, 3.8) is 0 Å². The van der Waals surface area contributed by atoms with E-state index in [1.807, 2.05) is 58.0 Å². The van der Waals surface area contributed by atoms with Gasteiger partial charge in [0.15, 0.2) is 5.96 Å². The number of benzene rings is 1. The summed E-state index contributed by atoms with van der Waals surface area (Å²) < 4.78 is 5.27. The van der Waals surface area contributed by atoms with Gasteiger partial charge in [0, 0.05) is 13.1 Å². The summed E-state index contributed by atoms with van der Waals surface area (Å²) in [5, 5.41) is 8.34. The van der Waals surface area contributed by atoms with E-state index in [0.717, 1.165) is 12.0 Å². The lowest BCUT2D eigenvalue weighted by atomic mass is 10.00. The number of carbonyl (C=O) groups is 3. The molecule has 3 amide bonds. The van der Waals surface area contributed by atoms with E-state index in [0.29, 0.717) is 32.4 Å². The van der Waals surface area contributed by atoms with Gasteiger partial charge in [-0.1, -0.05) is 58.0 Å². The molecule has 1 aromatic rings. The van der Waals surface area contributed by atoms with E-state index in [9.17, 15) is 14.4 Å². The molecule has 35 heavy (non-hydrogen) atoms. The van der Waals surface area contributed by atoms with Crippen molar-refractivity contribution >= 4 is 23.9 Å². The highest BCUT2D eigenvalue weighted by Gasteiger charge is 2.28. The summed E-state index contributed by atoms with van der Waals surface area (Å²) in [6.07, 6.45) is 1.63. The van der Waals surface area contributed by atoms with Crippen molar-refractivity contribution in [2.24, 2.45) is 28.3 Å². The van der Waals surface area contributed by atoms with Crippen LogP contribution in [0.2, 0.25) is 0 Å². The van der Waals surface area contributed by atoms with Crippen LogP contribution in [0.4, 0.5) is 4.79 Å². The van der Waals surface area contributed by atoms with E-state index in [1.54, 1.807) is 0 Å². The number of unbranched alkanes of at least 4 members (excludes halogenated alkanes) is 1. The molecule has 1 rings (SSSR count). The Bertz CT molecular complexity index is 809. The Kier molecular flexibility index (Phi) is 13.9. The van der Waals surface area contributed by atoms with Crippen molar-refractivity contribution in [1.82, 2.24) is 16.0 Å². The van der Waals surface area contributed by atoms with E-state index in [2.05, 4.69) is 20.9 Å². The number of ether oxygens (including phenoxy) is 1. The molecule has 10 heteroatoms. The molecule has 0 aromatic heterocycles. The first kappa shape index (κ1) is 29.7. The number of rotatable bonds is 15. The summed E-state index contributed by atoms with van der Waals surface area (Å²) in [4.78, 5) is 42.1. The van der Waals surface area contributed by atoms with Gasteiger partial charge in [-0.15, -0.1) is 0 Å². The van der Waals surface area contributed by atoms with E-state index in [1.165, 1.54) is 0 Å². The second-order valence-corrected chi connectivity index (χ2v) is 9.38. The number of aliphatic imine (C=N–C) groups is 1. The van der Waals surface area contributed by atoms with Crippen molar-refractivity contribution in [1.29, 1.82) is 0 Å². The van der Waals surface area contributed by atoms with E-state index >= 15 is 0 Å². The van der Waals surface area contributed by atoms with Crippen LogP contribution >= 0.6 is 0 Å². The lowest BCUT2D eigenvalue weighted by Crippen LogP contribution is -2.54. The molecule has 0 saturated carbocycles. The third kappa shape index (κ3) is 13.9. The summed E-state index contributed by atoms with van der Waals surface area (Å²) in [6, 6.07) is 7.76. The Morgan fingerprint density at radius 2 is 1.49 bits per heavy atom. The predicted molar refractivity (Wildman–Crippen MR) is 137 cm³/mol. The highest BCUT2D eigenvalue weighted by Crippen LogP contribution is 2.10. The number of nitrogens with zero attached hydrogens (tertiary/aromatic N) is 1. The molecule has 0 spiro atoms. The van der Waals surface area contributed by atoms with Crippen LogP contribution in [0.3, 0.4) is 0 Å². The van der Waals surface area contributed by atoms with Crippen molar-refractivity contribution in [2.45, 2.75) is 72.1 Å². The molecule has 7 N–H and O–H groups in total. The summed E-state index contributed by atoms with van der Waals surface area (Å²) in [7, 11) is 0. The third-order valence-electron chi connectivity index (χ3n) is 5.05. The number of hydrogen-bond acceptors (Lipinski definition) is 5. The van der Waals surface area contributed by atoms with Crippen LogP contribution in [0.1, 0.15) is 58.9 Å². The number of nitrogens with one attached hydrogen (secondary N) is 3. The molecule has 0 aliphatic carbocycles. The van der Waals surface area contributed by atoms with E-state index < -0.39 is 24.1 Å². The zero-order chi connectivity index (χ0) is 26.2. The lowest BCUT2D eigenvalue weighted by Gasteiger charge is -2.25. The van der Waals surface area contributed by atoms with Gasteiger partial charge >= 0.3 is 6.09 Å². The average Bonchev–Trinajstić information content (AvgIpc) is 2.78. The second kappa shape index (κ2) is 16.3. The fourth-order valence-electron chi connectivity index (χ4n) is 3.36. The van der Waals surface area contributed by atoms with Crippen molar-refractivity contribution in [3.05, 3.63) is 35.9 Å². The summed E-state index contributed by atoms with van der Waals surface area (Å²) in [5.74, 6) is -0.307. The van der Waals surface area contributed by atoms with Crippen LogP contribution in [0.25, 0.3) is 0 Å². The molecule has 0 aliphatic heterocycles. The van der Waals surface area contributed by atoms with Crippen LogP contribution in [-0.4, -0.2) is 49.0 Å².